The zero-order valence-corrected chi connectivity index (χ0v) is 14.6. The van der Waals surface area contributed by atoms with Crippen molar-refractivity contribution in [2.75, 3.05) is 19.4 Å². The molecule has 25 heavy (non-hydrogen) atoms. The minimum atomic E-state index is -1.46. The lowest BCUT2D eigenvalue weighted by molar-refractivity contribution is 0.0754. The summed E-state index contributed by atoms with van der Waals surface area (Å²) in [4.78, 5) is 14.2. The van der Waals surface area contributed by atoms with Gasteiger partial charge in [-0.1, -0.05) is 29.8 Å². The van der Waals surface area contributed by atoms with Crippen molar-refractivity contribution in [1.82, 2.24) is 4.90 Å². The first kappa shape index (κ1) is 17.9. The second-order valence-electron chi connectivity index (χ2n) is 5.31. The number of halogens is 4. The number of benzene rings is 2. The molecule has 1 aliphatic heterocycles. The van der Waals surface area contributed by atoms with Gasteiger partial charge in [-0.25, -0.2) is 8.78 Å². The van der Waals surface area contributed by atoms with Crippen molar-refractivity contribution in [2.24, 2.45) is 0 Å². The monoisotopic (exact) mass is 387 g/mol. The highest BCUT2D eigenvalue weighted by atomic mass is 35.5. The van der Waals surface area contributed by atoms with Gasteiger partial charge in [-0.2, -0.15) is 4.39 Å². The molecule has 132 valence electrons. The number of ether oxygens (including phenoxy) is 1. The number of hydrogen-bond donors (Lipinski definition) is 0. The quantitative estimate of drug-likeness (QED) is 0.718. The standard InChI is InChI=1S/C17H13ClF3NO2S/c1-24-15-13(20)10(8-12(19)14(15)21)16(23)22-6-7-25-17(22)9-4-2-3-5-11(9)18/h2-5,8,17H,6-7H2,1H3. The Balaban J connectivity index is 2.01. The molecule has 1 saturated heterocycles. The maximum absolute atomic E-state index is 14.4. The van der Waals surface area contributed by atoms with E-state index < -0.39 is 40.0 Å². The fourth-order valence-corrected chi connectivity index (χ4v) is 4.28. The summed E-state index contributed by atoms with van der Waals surface area (Å²) in [6.07, 6.45) is 0. The molecule has 0 radical (unpaired) electrons. The van der Waals surface area contributed by atoms with Crippen LogP contribution < -0.4 is 4.74 Å². The molecule has 8 heteroatoms. The molecule has 0 spiro atoms. The number of nitrogens with zero attached hydrogens (tertiary/aromatic N) is 1. The molecular weight excluding hydrogens is 375 g/mol. The van der Waals surface area contributed by atoms with E-state index >= 15 is 0 Å². The lowest BCUT2D eigenvalue weighted by Gasteiger charge is -2.25. The molecule has 1 atom stereocenters. The molecule has 3 rings (SSSR count). The Bertz CT molecular complexity index is 834. The van der Waals surface area contributed by atoms with Crippen molar-refractivity contribution >= 4 is 29.3 Å². The van der Waals surface area contributed by atoms with E-state index in [1.807, 2.05) is 0 Å². The lowest BCUT2D eigenvalue weighted by atomic mass is 10.1. The van der Waals surface area contributed by atoms with E-state index in [-0.39, 0.29) is 0 Å². The molecule has 1 aliphatic rings. The van der Waals surface area contributed by atoms with Gasteiger partial charge >= 0.3 is 0 Å². The molecule has 1 unspecified atom stereocenters. The number of rotatable bonds is 3. The zero-order valence-electron chi connectivity index (χ0n) is 13.1. The smallest absolute Gasteiger partial charge is 0.258 e. The molecule has 0 bridgehead atoms. The molecule has 0 aromatic heterocycles. The Morgan fingerprint density at radius 1 is 1.28 bits per heavy atom. The lowest BCUT2D eigenvalue weighted by Crippen LogP contribution is -2.31. The van der Waals surface area contributed by atoms with Crippen LogP contribution in [0.4, 0.5) is 13.2 Å². The van der Waals surface area contributed by atoms with E-state index in [1.165, 1.54) is 16.7 Å². The minimum absolute atomic E-state index is 0.333. The highest BCUT2D eigenvalue weighted by molar-refractivity contribution is 7.99. The van der Waals surface area contributed by atoms with Crippen molar-refractivity contribution < 1.29 is 22.7 Å². The van der Waals surface area contributed by atoms with E-state index in [0.29, 0.717) is 29.0 Å². The van der Waals surface area contributed by atoms with Crippen molar-refractivity contribution in [2.45, 2.75) is 5.37 Å². The summed E-state index contributed by atoms with van der Waals surface area (Å²) >= 11 is 7.65. The summed E-state index contributed by atoms with van der Waals surface area (Å²) in [6, 6.07) is 7.57. The summed E-state index contributed by atoms with van der Waals surface area (Å²) < 4.78 is 46.3. The largest absolute Gasteiger partial charge is 0.491 e. The molecule has 0 aliphatic carbocycles. The van der Waals surface area contributed by atoms with Crippen LogP contribution in [0, 0.1) is 17.5 Å². The highest BCUT2D eigenvalue weighted by Gasteiger charge is 2.35. The molecule has 1 amide bonds. The Hall–Kier alpha value is -1.86. The molecule has 1 heterocycles. The molecule has 2 aromatic rings. The van der Waals surface area contributed by atoms with Crippen molar-refractivity contribution in [3.8, 4) is 5.75 Å². The maximum Gasteiger partial charge on any atom is 0.258 e. The third-order valence-corrected chi connectivity index (χ3v) is 5.46. The fourth-order valence-electron chi connectivity index (χ4n) is 2.68. The van der Waals surface area contributed by atoms with Crippen LogP contribution in [0.5, 0.6) is 5.75 Å². The summed E-state index contributed by atoms with van der Waals surface area (Å²) in [7, 11) is 1.01. The summed E-state index contributed by atoms with van der Waals surface area (Å²) in [6.45, 7) is 0.333. The van der Waals surface area contributed by atoms with Crippen molar-refractivity contribution in [1.29, 1.82) is 0 Å². The third-order valence-electron chi connectivity index (χ3n) is 3.87. The Morgan fingerprint density at radius 2 is 2.00 bits per heavy atom. The predicted molar refractivity (Wildman–Crippen MR) is 90.6 cm³/mol. The van der Waals surface area contributed by atoms with Gasteiger partial charge in [0.25, 0.3) is 5.91 Å². The SMILES string of the molecule is COc1c(F)c(F)cc(C(=O)N2CCSC2c2ccccc2Cl)c1F. The molecule has 2 aromatic carbocycles. The average Bonchev–Trinajstić information content (AvgIpc) is 3.08. The number of hydrogen-bond acceptors (Lipinski definition) is 3. The van der Waals surface area contributed by atoms with Gasteiger partial charge in [0.05, 0.1) is 12.7 Å². The summed E-state index contributed by atoms with van der Waals surface area (Å²) in [5.41, 5.74) is 0.130. The number of methoxy groups -OCH3 is 1. The first-order valence-corrected chi connectivity index (χ1v) is 8.76. The van der Waals surface area contributed by atoms with Crippen LogP contribution >= 0.6 is 23.4 Å². The van der Waals surface area contributed by atoms with Crippen LogP contribution in [-0.2, 0) is 0 Å². The van der Waals surface area contributed by atoms with Crippen LogP contribution in [0.3, 0.4) is 0 Å². The van der Waals surface area contributed by atoms with Crippen LogP contribution in [-0.4, -0.2) is 30.2 Å². The Labute approximate surface area is 151 Å². The topological polar surface area (TPSA) is 29.5 Å². The Morgan fingerprint density at radius 3 is 2.68 bits per heavy atom. The summed E-state index contributed by atoms with van der Waals surface area (Å²) in [5, 5.41) is 0.0442. The first-order chi connectivity index (χ1) is 12.0. The number of carbonyl (C=O) groups excluding carboxylic acids is 1. The van der Waals surface area contributed by atoms with Gasteiger partial charge in [0.1, 0.15) is 5.37 Å². The normalized spacial score (nSPS) is 17.0. The van der Waals surface area contributed by atoms with E-state index in [0.717, 1.165) is 7.11 Å². The highest BCUT2D eigenvalue weighted by Crippen LogP contribution is 2.42. The van der Waals surface area contributed by atoms with E-state index in [4.69, 9.17) is 11.6 Å². The second-order valence-corrected chi connectivity index (χ2v) is 6.91. The number of thioether (sulfide) groups is 1. The van der Waals surface area contributed by atoms with Crippen LogP contribution in [0.25, 0.3) is 0 Å². The first-order valence-electron chi connectivity index (χ1n) is 7.34. The van der Waals surface area contributed by atoms with E-state index in [1.54, 1.807) is 24.3 Å². The number of carbonyl (C=O) groups is 1. The van der Waals surface area contributed by atoms with Crippen molar-refractivity contribution in [3.63, 3.8) is 0 Å². The fraction of sp³-hybridized carbons (Fsp3) is 0.235. The Kier molecular flexibility index (Phi) is 5.15. The third kappa shape index (κ3) is 3.18. The number of amides is 1. The average molecular weight is 388 g/mol. The van der Waals surface area contributed by atoms with Gasteiger partial charge in [0, 0.05) is 22.9 Å². The van der Waals surface area contributed by atoms with E-state index in [9.17, 15) is 18.0 Å². The van der Waals surface area contributed by atoms with E-state index in [2.05, 4.69) is 4.74 Å². The maximum atomic E-state index is 14.4. The van der Waals surface area contributed by atoms with Gasteiger partial charge in [-0.15, -0.1) is 11.8 Å². The summed E-state index contributed by atoms with van der Waals surface area (Å²) in [5.74, 6) is -5.07. The molecular formula is C17H13ClF3NO2S. The molecule has 3 nitrogen and oxygen atoms in total. The molecule has 1 fully saturated rings. The van der Waals surface area contributed by atoms with Gasteiger partial charge in [0.15, 0.2) is 17.4 Å². The van der Waals surface area contributed by atoms with Crippen LogP contribution in [0.2, 0.25) is 5.02 Å². The van der Waals surface area contributed by atoms with Gasteiger partial charge in [-0.05, 0) is 12.1 Å². The zero-order chi connectivity index (χ0) is 18.1. The minimum Gasteiger partial charge on any atom is -0.491 e. The van der Waals surface area contributed by atoms with Gasteiger partial charge < -0.3 is 9.64 Å². The van der Waals surface area contributed by atoms with Gasteiger partial charge in [-0.3, -0.25) is 4.79 Å². The van der Waals surface area contributed by atoms with Crippen LogP contribution in [0.15, 0.2) is 30.3 Å². The molecule has 0 saturated carbocycles. The van der Waals surface area contributed by atoms with Crippen LogP contribution in [0.1, 0.15) is 21.3 Å². The second kappa shape index (κ2) is 7.17. The van der Waals surface area contributed by atoms with Crippen molar-refractivity contribution in [3.05, 3.63) is 63.9 Å². The van der Waals surface area contributed by atoms with Gasteiger partial charge in [0.2, 0.25) is 5.82 Å². The predicted octanol–water partition coefficient (Wildman–Crippen LogP) is 4.65. The molecule has 0 N–H and O–H groups in total.